The molecule has 15 heavy (non-hydrogen) atoms. The number of carbonyl (C=O) groups excluding carboxylic acids is 1. The molecule has 0 saturated carbocycles. The monoisotopic (exact) mass is 209 g/mol. The van der Waals surface area contributed by atoms with Crippen LogP contribution in [0, 0.1) is 0 Å². The normalized spacial score (nSPS) is 9.60. The van der Waals surface area contributed by atoms with Crippen LogP contribution >= 0.6 is 0 Å². The van der Waals surface area contributed by atoms with E-state index in [2.05, 4.69) is 0 Å². The fourth-order valence-corrected chi connectivity index (χ4v) is 1.20. The first kappa shape index (κ1) is 11.5. The number of rotatable bonds is 4. The zero-order chi connectivity index (χ0) is 11.4. The summed E-state index contributed by atoms with van der Waals surface area (Å²) in [5.41, 5.74) is 0.789. The Labute approximate surface area is 88.0 Å². The number of nitrogens with zero attached hydrogens (tertiary/aromatic N) is 1. The van der Waals surface area contributed by atoms with Gasteiger partial charge in [-0.3, -0.25) is 4.79 Å². The minimum atomic E-state index is -1.63. The van der Waals surface area contributed by atoms with E-state index >= 15 is 0 Å². The second kappa shape index (κ2) is 4.81. The third-order valence-electron chi connectivity index (χ3n) is 2.06. The molecule has 0 aliphatic carbocycles. The van der Waals surface area contributed by atoms with Crippen LogP contribution in [0.3, 0.4) is 0 Å². The van der Waals surface area contributed by atoms with E-state index < -0.39 is 7.12 Å². The molecule has 0 atom stereocenters. The number of anilines is 1. The van der Waals surface area contributed by atoms with Crippen molar-refractivity contribution in [1.29, 1.82) is 0 Å². The van der Waals surface area contributed by atoms with Crippen LogP contribution in [0.4, 0.5) is 5.69 Å². The van der Waals surface area contributed by atoms with Crippen molar-refractivity contribution in [3.63, 3.8) is 0 Å². The molecule has 5 nitrogen and oxygen atoms in total. The Kier molecular flexibility index (Phi) is 3.71. The van der Waals surface area contributed by atoms with E-state index in [0.717, 1.165) is 0 Å². The Morgan fingerprint density at radius 3 is 2.60 bits per heavy atom. The number of benzene rings is 1. The fraction of sp³-hybridized carbons (Fsp3) is 0.222. The van der Waals surface area contributed by atoms with Crippen molar-refractivity contribution in [2.45, 2.75) is 0 Å². The van der Waals surface area contributed by atoms with Crippen LogP contribution in [0.15, 0.2) is 18.2 Å². The van der Waals surface area contributed by atoms with Crippen molar-refractivity contribution in [3.05, 3.63) is 18.2 Å². The van der Waals surface area contributed by atoms with Crippen LogP contribution in [-0.2, 0) is 4.79 Å². The van der Waals surface area contributed by atoms with Crippen molar-refractivity contribution in [2.75, 3.05) is 19.1 Å². The molecule has 0 radical (unpaired) electrons. The number of amides is 1. The van der Waals surface area contributed by atoms with E-state index in [1.807, 2.05) is 0 Å². The summed E-state index contributed by atoms with van der Waals surface area (Å²) in [6.07, 6.45) is 0.634. The zero-order valence-corrected chi connectivity index (χ0v) is 8.54. The number of ether oxygens (including phenoxy) is 1. The van der Waals surface area contributed by atoms with Gasteiger partial charge < -0.3 is 19.7 Å². The number of hydrogen-bond acceptors (Lipinski definition) is 4. The van der Waals surface area contributed by atoms with Crippen LogP contribution in [0.2, 0.25) is 0 Å². The Morgan fingerprint density at radius 1 is 1.47 bits per heavy atom. The highest BCUT2D eigenvalue weighted by atomic mass is 16.5. The van der Waals surface area contributed by atoms with E-state index in [4.69, 9.17) is 14.8 Å². The van der Waals surface area contributed by atoms with Crippen LogP contribution in [0.5, 0.6) is 5.75 Å². The van der Waals surface area contributed by atoms with Gasteiger partial charge in [0.05, 0.1) is 7.11 Å². The molecule has 2 N–H and O–H groups in total. The van der Waals surface area contributed by atoms with Crippen LogP contribution < -0.4 is 15.1 Å². The molecule has 1 rings (SSSR count). The van der Waals surface area contributed by atoms with E-state index in [-0.39, 0.29) is 5.46 Å². The molecule has 1 aromatic carbocycles. The van der Waals surface area contributed by atoms with Crippen molar-refractivity contribution < 1.29 is 19.6 Å². The van der Waals surface area contributed by atoms with E-state index in [9.17, 15) is 4.79 Å². The molecule has 0 bridgehead atoms. The van der Waals surface area contributed by atoms with Gasteiger partial charge in [0.2, 0.25) is 6.41 Å². The van der Waals surface area contributed by atoms with Gasteiger partial charge in [-0.1, -0.05) is 0 Å². The smallest absolute Gasteiger partial charge is 0.492 e. The van der Waals surface area contributed by atoms with Gasteiger partial charge in [0, 0.05) is 18.2 Å². The molecule has 0 aliphatic heterocycles. The van der Waals surface area contributed by atoms with Gasteiger partial charge in [-0.2, -0.15) is 0 Å². The summed E-state index contributed by atoms with van der Waals surface area (Å²) in [5.74, 6) is 0.369. The minimum Gasteiger partial charge on any atom is -0.497 e. The van der Waals surface area contributed by atoms with Crippen molar-refractivity contribution >= 4 is 24.7 Å². The molecule has 6 heteroatoms. The highest BCUT2D eigenvalue weighted by molar-refractivity contribution is 6.59. The first-order valence-electron chi connectivity index (χ1n) is 4.32. The van der Waals surface area contributed by atoms with Crippen LogP contribution in [0.25, 0.3) is 0 Å². The molecule has 0 saturated heterocycles. The Balaban J connectivity index is 3.15. The largest absolute Gasteiger partial charge is 0.497 e. The first-order chi connectivity index (χ1) is 7.10. The Morgan fingerprint density at radius 2 is 2.13 bits per heavy atom. The predicted molar refractivity (Wildman–Crippen MR) is 57.3 cm³/mol. The van der Waals surface area contributed by atoms with Gasteiger partial charge >= 0.3 is 7.12 Å². The number of methoxy groups -OCH3 is 1. The Bertz CT molecular complexity index is 356. The minimum absolute atomic E-state index is 0.226. The van der Waals surface area contributed by atoms with Crippen molar-refractivity contribution in [3.8, 4) is 5.75 Å². The predicted octanol–water partition coefficient (Wildman–Crippen LogP) is -1.03. The van der Waals surface area contributed by atoms with Gasteiger partial charge in [0.25, 0.3) is 0 Å². The summed E-state index contributed by atoms with van der Waals surface area (Å²) >= 11 is 0. The molecule has 0 heterocycles. The molecule has 1 aromatic rings. The van der Waals surface area contributed by atoms with Crippen molar-refractivity contribution in [2.24, 2.45) is 0 Å². The molecular weight excluding hydrogens is 197 g/mol. The molecule has 1 amide bonds. The van der Waals surface area contributed by atoms with Gasteiger partial charge in [0.15, 0.2) is 0 Å². The maximum atomic E-state index is 10.5. The lowest BCUT2D eigenvalue weighted by atomic mass is 9.79. The summed E-state index contributed by atoms with van der Waals surface area (Å²) in [5, 5.41) is 18.2. The Hall–Kier alpha value is -1.53. The number of carbonyl (C=O) groups is 1. The zero-order valence-electron chi connectivity index (χ0n) is 8.54. The first-order valence-corrected chi connectivity index (χ1v) is 4.32. The topological polar surface area (TPSA) is 70.0 Å². The van der Waals surface area contributed by atoms with E-state index in [1.54, 1.807) is 19.2 Å². The molecule has 0 aromatic heterocycles. The van der Waals surface area contributed by atoms with Crippen LogP contribution in [-0.4, -0.2) is 37.7 Å². The molecule has 0 aliphatic rings. The lowest BCUT2D eigenvalue weighted by molar-refractivity contribution is -0.107. The third-order valence-corrected chi connectivity index (χ3v) is 2.06. The SMILES string of the molecule is COc1ccc(N(C)C=O)cc1B(O)O. The second-order valence-electron chi connectivity index (χ2n) is 3.02. The summed E-state index contributed by atoms with van der Waals surface area (Å²) < 4.78 is 4.95. The van der Waals surface area contributed by atoms with Gasteiger partial charge in [0.1, 0.15) is 5.75 Å². The maximum absolute atomic E-state index is 10.5. The van der Waals surface area contributed by atoms with Crippen LogP contribution in [0.1, 0.15) is 0 Å². The number of hydrogen-bond donors (Lipinski definition) is 2. The standard InChI is InChI=1S/C9H12BNO4/c1-11(6-12)7-3-4-9(15-2)8(5-7)10(13)14/h3-6,13-14H,1-2H3. The van der Waals surface area contributed by atoms with Gasteiger partial charge in [-0.25, -0.2) is 0 Å². The van der Waals surface area contributed by atoms with E-state index in [1.165, 1.54) is 18.1 Å². The molecular formula is C9H12BNO4. The average Bonchev–Trinajstić information content (AvgIpc) is 2.27. The second-order valence-corrected chi connectivity index (χ2v) is 3.02. The maximum Gasteiger partial charge on any atom is 0.492 e. The average molecular weight is 209 g/mol. The summed E-state index contributed by atoms with van der Waals surface area (Å²) in [4.78, 5) is 11.8. The summed E-state index contributed by atoms with van der Waals surface area (Å²) in [6, 6.07) is 4.71. The highest BCUT2D eigenvalue weighted by Gasteiger charge is 2.18. The highest BCUT2D eigenvalue weighted by Crippen LogP contribution is 2.15. The quantitative estimate of drug-likeness (QED) is 0.491. The molecule has 0 unspecified atom stereocenters. The lowest BCUT2D eigenvalue weighted by Gasteiger charge is -2.14. The summed E-state index contributed by atoms with van der Waals surface area (Å²) in [7, 11) is 1.38. The van der Waals surface area contributed by atoms with Gasteiger partial charge in [-0.15, -0.1) is 0 Å². The van der Waals surface area contributed by atoms with Gasteiger partial charge in [-0.05, 0) is 18.2 Å². The lowest BCUT2D eigenvalue weighted by Crippen LogP contribution is -2.32. The van der Waals surface area contributed by atoms with E-state index in [0.29, 0.717) is 17.8 Å². The summed E-state index contributed by atoms with van der Waals surface area (Å²) in [6.45, 7) is 0. The fourth-order valence-electron chi connectivity index (χ4n) is 1.20. The third kappa shape index (κ3) is 2.48. The molecule has 0 fully saturated rings. The molecule has 0 spiro atoms. The molecule has 80 valence electrons. The van der Waals surface area contributed by atoms with Crippen molar-refractivity contribution in [1.82, 2.24) is 0 Å².